The number of hydrogen-bond donors (Lipinski definition) is 0. The first-order chi connectivity index (χ1) is 8.16. The van der Waals surface area contributed by atoms with Crippen LogP contribution < -0.4 is 0 Å². The predicted octanol–water partition coefficient (Wildman–Crippen LogP) is 4.17. The minimum atomic E-state index is 0.266. The fraction of sp³-hybridized carbons (Fsp3) is 0.214. The SMILES string of the molecule is Cc1ccccc1CC(=O)Cc1sccc1Br. The highest BCUT2D eigenvalue weighted by Gasteiger charge is 2.10. The summed E-state index contributed by atoms with van der Waals surface area (Å²) in [4.78, 5) is 13.1. The van der Waals surface area contributed by atoms with Crippen molar-refractivity contribution in [3.05, 3.63) is 56.2 Å². The quantitative estimate of drug-likeness (QED) is 0.828. The molecule has 0 spiro atoms. The lowest BCUT2D eigenvalue weighted by Crippen LogP contribution is -2.06. The zero-order valence-corrected chi connectivity index (χ0v) is 12.0. The van der Waals surface area contributed by atoms with E-state index in [2.05, 4.69) is 15.9 Å². The van der Waals surface area contributed by atoms with E-state index in [-0.39, 0.29) is 5.78 Å². The largest absolute Gasteiger partial charge is 0.299 e. The highest BCUT2D eigenvalue weighted by molar-refractivity contribution is 9.10. The maximum absolute atomic E-state index is 12.0. The average Bonchev–Trinajstić information content (AvgIpc) is 2.68. The summed E-state index contributed by atoms with van der Waals surface area (Å²) >= 11 is 5.08. The van der Waals surface area contributed by atoms with Gasteiger partial charge in [0.05, 0.1) is 0 Å². The summed E-state index contributed by atoms with van der Waals surface area (Å²) in [6, 6.07) is 10.0. The van der Waals surface area contributed by atoms with Crippen LogP contribution in [-0.4, -0.2) is 5.78 Å². The van der Waals surface area contributed by atoms with Crippen LogP contribution >= 0.6 is 27.3 Å². The van der Waals surface area contributed by atoms with E-state index in [1.54, 1.807) is 11.3 Å². The van der Waals surface area contributed by atoms with E-state index in [1.165, 1.54) is 5.56 Å². The molecule has 0 N–H and O–H groups in total. The van der Waals surface area contributed by atoms with Crippen LogP contribution in [0, 0.1) is 6.92 Å². The topological polar surface area (TPSA) is 17.1 Å². The van der Waals surface area contributed by atoms with E-state index < -0.39 is 0 Å². The van der Waals surface area contributed by atoms with Gasteiger partial charge in [-0.05, 0) is 45.4 Å². The van der Waals surface area contributed by atoms with Gasteiger partial charge < -0.3 is 0 Å². The first-order valence-corrected chi connectivity index (χ1v) is 7.12. The van der Waals surface area contributed by atoms with Gasteiger partial charge >= 0.3 is 0 Å². The highest BCUT2D eigenvalue weighted by Crippen LogP contribution is 2.23. The fourth-order valence-electron chi connectivity index (χ4n) is 1.71. The molecule has 1 aromatic heterocycles. The third kappa shape index (κ3) is 3.27. The summed E-state index contributed by atoms with van der Waals surface area (Å²) in [6.07, 6.45) is 1.05. The van der Waals surface area contributed by atoms with Gasteiger partial charge in [-0.25, -0.2) is 0 Å². The molecule has 0 aliphatic carbocycles. The van der Waals surface area contributed by atoms with Crippen LogP contribution in [0.15, 0.2) is 40.2 Å². The normalized spacial score (nSPS) is 10.5. The van der Waals surface area contributed by atoms with E-state index >= 15 is 0 Å². The molecule has 0 aliphatic heterocycles. The second-order valence-electron chi connectivity index (χ2n) is 4.01. The number of benzene rings is 1. The number of carbonyl (C=O) groups is 1. The molecule has 0 saturated heterocycles. The highest BCUT2D eigenvalue weighted by atomic mass is 79.9. The number of ketones is 1. The molecule has 0 unspecified atom stereocenters. The van der Waals surface area contributed by atoms with Gasteiger partial charge in [-0.2, -0.15) is 0 Å². The summed E-state index contributed by atoms with van der Waals surface area (Å²) in [5.74, 6) is 0.266. The Bertz CT molecular complexity index is 531. The van der Waals surface area contributed by atoms with Crippen molar-refractivity contribution in [2.24, 2.45) is 0 Å². The minimum Gasteiger partial charge on any atom is -0.299 e. The molecule has 1 heterocycles. The molecule has 88 valence electrons. The zero-order chi connectivity index (χ0) is 12.3. The number of rotatable bonds is 4. The predicted molar refractivity (Wildman–Crippen MR) is 75.6 cm³/mol. The Morgan fingerprint density at radius 1 is 1.24 bits per heavy atom. The lowest BCUT2D eigenvalue weighted by molar-refractivity contribution is -0.117. The molecule has 0 bridgehead atoms. The van der Waals surface area contributed by atoms with Crippen molar-refractivity contribution in [1.29, 1.82) is 0 Å². The smallest absolute Gasteiger partial charge is 0.142 e. The van der Waals surface area contributed by atoms with Crippen molar-refractivity contribution in [2.45, 2.75) is 19.8 Å². The molecule has 0 radical (unpaired) electrons. The molecule has 3 heteroatoms. The van der Waals surface area contributed by atoms with Gasteiger partial charge in [0.1, 0.15) is 5.78 Å². The molecule has 0 aliphatic rings. The van der Waals surface area contributed by atoms with Crippen molar-refractivity contribution in [3.63, 3.8) is 0 Å². The van der Waals surface area contributed by atoms with Crippen LogP contribution in [0.25, 0.3) is 0 Å². The standard InChI is InChI=1S/C14H13BrOS/c1-10-4-2-3-5-11(10)8-12(16)9-14-13(15)6-7-17-14/h2-7H,8-9H2,1H3. The molecule has 0 atom stereocenters. The Kier molecular flexibility index (Phi) is 4.13. The monoisotopic (exact) mass is 308 g/mol. The van der Waals surface area contributed by atoms with E-state index in [0.29, 0.717) is 12.8 Å². The number of thiophene rings is 1. The Morgan fingerprint density at radius 3 is 2.65 bits per heavy atom. The summed E-state index contributed by atoms with van der Waals surface area (Å²) in [7, 11) is 0. The van der Waals surface area contributed by atoms with E-state index in [4.69, 9.17) is 0 Å². The molecule has 2 rings (SSSR count). The minimum absolute atomic E-state index is 0.266. The van der Waals surface area contributed by atoms with Gasteiger partial charge in [0, 0.05) is 22.2 Å². The van der Waals surface area contributed by atoms with Crippen molar-refractivity contribution < 1.29 is 4.79 Å². The Morgan fingerprint density at radius 2 is 2.00 bits per heavy atom. The molecular weight excluding hydrogens is 296 g/mol. The fourth-order valence-corrected chi connectivity index (χ4v) is 3.23. The molecule has 1 nitrogen and oxygen atoms in total. The Hall–Kier alpha value is -0.930. The summed E-state index contributed by atoms with van der Waals surface area (Å²) in [5.41, 5.74) is 2.32. The lowest BCUT2D eigenvalue weighted by atomic mass is 10.0. The molecule has 2 aromatic rings. The third-order valence-corrected chi connectivity index (χ3v) is 4.62. The zero-order valence-electron chi connectivity index (χ0n) is 9.57. The van der Waals surface area contributed by atoms with Crippen molar-refractivity contribution in [2.75, 3.05) is 0 Å². The van der Waals surface area contributed by atoms with Gasteiger partial charge in [-0.3, -0.25) is 4.79 Å². The molecule has 0 fully saturated rings. The van der Waals surface area contributed by atoms with Gasteiger partial charge in [0.2, 0.25) is 0 Å². The number of carbonyl (C=O) groups excluding carboxylic acids is 1. The Labute approximate surface area is 114 Å². The van der Waals surface area contributed by atoms with E-state index in [9.17, 15) is 4.79 Å². The maximum Gasteiger partial charge on any atom is 0.142 e. The third-order valence-electron chi connectivity index (χ3n) is 2.70. The second kappa shape index (κ2) is 5.61. The van der Waals surface area contributed by atoms with Crippen LogP contribution in [-0.2, 0) is 17.6 Å². The van der Waals surface area contributed by atoms with Gasteiger partial charge in [-0.1, -0.05) is 24.3 Å². The molecule has 17 heavy (non-hydrogen) atoms. The summed E-state index contributed by atoms with van der Waals surface area (Å²) in [5, 5.41) is 2.00. The van der Waals surface area contributed by atoms with Crippen molar-refractivity contribution in [3.8, 4) is 0 Å². The molecule has 0 saturated carbocycles. The molecule has 1 aromatic carbocycles. The van der Waals surface area contributed by atoms with Crippen LogP contribution in [0.1, 0.15) is 16.0 Å². The van der Waals surface area contributed by atoms with Crippen molar-refractivity contribution in [1.82, 2.24) is 0 Å². The van der Waals surface area contributed by atoms with Gasteiger partial charge in [-0.15, -0.1) is 11.3 Å². The van der Waals surface area contributed by atoms with Gasteiger partial charge in [0.15, 0.2) is 0 Å². The first-order valence-electron chi connectivity index (χ1n) is 5.45. The molecule has 0 amide bonds. The molecular formula is C14H13BrOS. The van der Waals surface area contributed by atoms with Crippen LogP contribution in [0.2, 0.25) is 0 Å². The van der Waals surface area contributed by atoms with Crippen LogP contribution in [0.4, 0.5) is 0 Å². The summed E-state index contributed by atoms with van der Waals surface area (Å²) in [6.45, 7) is 2.05. The van der Waals surface area contributed by atoms with Crippen LogP contribution in [0.3, 0.4) is 0 Å². The summed E-state index contributed by atoms with van der Waals surface area (Å²) < 4.78 is 1.04. The average molecular weight is 309 g/mol. The first kappa shape index (κ1) is 12.5. The van der Waals surface area contributed by atoms with E-state index in [0.717, 1.165) is 14.9 Å². The number of hydrogen-bond acceptors (Lipinski definition) is 2. The van der Waals surface area contributed by atoms with Crippen molar-refractivity contribution >= 4 is 33.0 Å². The number of Topliss-reactive ketones (excluding diaryl/α,β-unsaturated/α-hetero) is 1. The second-order valence-corrected chi connectivity index (χ2v) is 5.87. The van der Waals surface area contributed by atoms with Crippen LogP contribution in [0.5, 0.6) is 0 Å². The van der Waals surface area contributed by atoms with Gasteiger partial charge in [0.25, 0.3) is 0 Å². The lowest BCUT2D eigenvalue weighted by Gasteiger charge is -2.04. The van der Waals surface area contributed by atoms with E-state index in [1.807, 2.05) is 42.6 Å². The number of aryl methyl sites for hydroxylation is 1. The Balaban J connectivity index is 2.03. The maximum atomic E-state index is 12.0. The number of halogens is 1.